The van der Waals surface area contributed by atoms with Gasteiger partial charge in [-0.25, -0.2) is 0 Å². The summed E-state index contributed by atoms with van der Waals surface area (Å²) in [6.45, 7) is 8.44. The minimum atomic E-state index is -0.548. The second-order valence-electron chi connectivity index (χ2n) is 6.61. The van der Waals surface area contributed by atoms with Crippen LogP contribution in [0.1, 0.15) is 26.7 Å². The van der Waals surface area contributed by atoms with Gasteiger partial charge in [0.1, 0.15) is 0 Å². The van der Waals surface area contributed by atoms with Crippen LogP contribution in [0.3, 0.4) is 0 Å². The van der Waals surface area contributed by atoms with E-state index >= 15 is 0 Å². The minimum Gasteiger partial charge on any atom is -0.346 e. The Hall–Kier alpha value is -0.560. The van der Waals surface area contributed by atoms with E-state index in [0.29, 0.717) is 0 Å². The minimum absolute atomic E-state index is 0. The van der Waals surface area contributed by atoms with Gasteiger partial charge in [0.2, 0.25) is 11.8 Å². The average molecular weight is 369 g/mol. The van der Waals surface area contributed by atoms with E-state index in [1.54, 1.807) is 0 Å². The molecule has 2 rings (SSSR count). The fourth-order valence-electron chi connectivity index (χ4n) is 2.54. The highest BCUT2D eigenvalue weighted by Gasteiger charge is 2.27. The first-order chi connectivity index (χ1) is 9.97. The predicted molar refractivity (Wildman–Crippen MR) is 96.1 cm³/mol. The van der Waals surface area contributed by atoms with Crippen molar-refractivity contribution in [2.45, 2.75) is 32.7 Å². The van der Waals surface area contributed by atoms with Crippen LogP contribution in [0.4, 0.5) is 0 Å². The molecular weight excluding hydrogens is 339 g/mol. The highest BCUT2D eigenvalue weighted by molar-refractivity contribution is 5.87. The van der Waals surface area contributed by atoms with E-state index in [0.717, 1.165) is 32.1 Å². The van der Waals surface area contributed by atoms with E-state index in [4.69, 9.17) is 5.73 Å². The van der Waals surface area contributed by atoms with Crippen LogP contribution in [0.15, 0.2) is 0 Å². The van der Waals surface area contributed by atoms with Crippen molar-refractivity contribution in [1.82, 2.24) is 15.1 Å². The Morgan fingerprint density at radius 2 is 1.70 bits per heavy atom. The Bertz CT molecular complexity index is 384. The molecule has 1 heterocycles. The van der Waals surface area contributed by atoms with Gasteiger partial charge in [0.15, 0.2) is 0 Å². The second kappa shape index (κ2) is 10.3. The number of halogens is 2. The first-order valence-corrected chi connectivity index (χ1v) is 8.00. The summed E-state index contributed by atoms with van der Waals surface area (Å²) in [6.07, 6.45) is 2.72. The van der Waals surface area contributed by atoms with E-state index in [-0.39, 0.29) is 49.1 Å². The fraction of sp³-hybridized carbons (Fsp3) is 0.867. The Morgan fingerprint density at radius 3 is 2.17 bits per heavy atom. The van der Waals surface area contributed by atoms with Crippen molar-refractivity contribution >= 4 is 36.6 Å². The topological polar surface area (TPSA) is 78.7 Å². The monoisotopic (exact) mass is 368 g/mol. The highest BCUT2D eigenvalue weighted by Crippen LogP contribution is 2.29. The van der Waals surface area contributed by atoms with E-state index in [2.05, 4.69) is 10.2 Å². The zero-order valence-electron chi connectivity index (χ0n) is 14.0. The Labute approximate surface area is 151 Å². The maximum Gasteiger partial charge on any atom is 0.242 e. The van der Waals surface area contributed by atoms with E-state index in [1.165, 1.54) is 19.4 Å². The third-order valence-electron chi connectivity index (χ3n) is 4.37. The Kier molecular flexibility index (Phi) is 10.1. The second-order valence-corrected chi connectivity index (χ2v) is 6.61. The zero-order valence-corrected chi connectivity index (χ0v) is 15.6. The van der Waals surface area contributed by atoms with Crippen molar-refractivity contribution in [3.05, 3.63) is 0 Å². The van der Waals surface area contributed by atoms with Crippen LogP contribution in [0.25, 0.3) is 0 Å². The molecule has 0 bridgehead atoms. The number of piperazine rings is 1. The lowest BCUT2D eigenvalue weighted by atomic mass is 10.1. The molecule has 1 saturated carbocycles. The maximum atomic E-state index is 12.1. The van der Waals surface area contributed by atoms with Crippen LogP contribution >= 0.6 is 24.8 Å². The number of nitrogens with zero attached hydrogens (tertiary/aromatic N) is 2. The molecule has 1 aliphatic carbocycles. The molecule has 2 aliphatic rings. The van der Waals surface area contributed by atoms with Crippen molar-refractivity contribution in [3.63, 3.8) is 0 Å². The molecule has 0 aromatic carbocycles. The van der Waals surface area contributed by atoms with Crippen molar-refractivity contribution in [2.24, 2.45) is 17.6 Å². The van der Waals surface area contributed by atoms with Crippen molar-refractivity contribution in [3.8, 4) is 0 Å². The molecule has 8 heteroatoms. The summed E-state index contributed by atoms with van der Waals surface area (Å²) < 4.78 is 0. The van der Waals surface area contributed by atoms with Gasteiger partial charge in [-0.2, -0.15) is 0 Å². The van der Waals surface area contributed by atoms with Gasteiger partial charge in [0.25, 0.3) is 0 Å². The van der Waals surface area contributed by atoms with Gasteiger partial charge >= 0.3 is 0 Å². The van der Waals surface area contributed by atoms with Crippen LogP contribution in [-0.4, -0.2) is 66.9 Å². The van der Waals surface area contributed by atoms with Gasteiger partial charge in [-0.3, -0.25) is 14.5 Å². The third-order valence-corrected chi connectivity index (χ3v) is 4.37. The Balaban J connectivity index is 0.00000242. The number of hydrogen-bond acceptors (Lipinski definition) is 4. The third kappa shape index (κ3) is 7.25. The van der Waals surface area contributed by atoms with Crippen LogP contribution in [0.5, 0.6) is 0 Å². The van der Waals surface area contributed by atoms with Crippen LogP contribution in [0, 0.1) is 11.8 Å². The summed E-state index contributed by atoms with van der Waals surface area (Å²) in [6, 6.07) is -0.548. The number of hydrogen-bond donors (Lipinski definition) is 2. The van der Waals surface area contributed by atoms with Gasteiger partial charge in [-0.05, 0) is 24.7 Å². The molecule has 3 N–H and O–H groups in total. The smallest absolute Gasteiger partial charge is 0.242 e. The van der Waals surface area contributed by atoms with E-state index < -0.39 is 6.04 Å². The number of nitrogens with two attached hydrogens (primary N) is 1. The predicted octanol–water partition coefficient (Wildman–Crippen LogP) is 0.484. The van der Waals surface area contributed by atoms with Crippen molar-refractivity contribution < 1.29 is 9.59 Å². The summed E-state index contributed by atoms with van der Waals surface area (Å²) in [5, 5.41) is 2.65. The molecule has 23 heavy (non-hydrogen) atoms. The van der Waals surface area contributed by atoms with E-state index in [9.17, 15) is 9.59 Å². The Morgan fingerprint density at radius 1 is 1.13 bits per heavy atom. The largest absolute Gasteiger partial charge is 0.346 e. The van der Waals surface area contributed by atoms with Crippen LogP contribution in [0.2, 0.25) is 0 Å². The van der Waals surface area contributed by atoms with Gasteiger partial charge in [0, 0.05) is 32.7 Å². The quantitative estimate of drug-likeness (QED) is 0.714. The van der Waals surface area contributed by atoms with Crippen molar-refractivity contribution in [1.29, 1.82) is 0 Å². The van der Waals surface area contributed by atoms with Gasteiger partial charge < -0.3 is 16.0 Å². The molecule has 0 aromatic heterocycles. The molecular formula is C15H30Cl2N4O2. The molecule has 2 fully saturated rings. The molecule has 6 nitrogen and oxygen atoms in total. The molecule has 0 aromatic rings. The highest BCUT2D eigenvalue weighted by atomic mass is 35.5. The standard InChI is InChI=1S/C15H28N4O2.2ClH/c1-11(2)14(16)15(21)17-9-13(20)19-7-5-18(6-8-19)10-12-3-4-12;;/h11-12,14H,3-10,16H2,1-2H3,(H,17,21);2*1H/t14-;;/m0../s1. The molecule has 0 spiro atoms. The lowest BCUT2D eigenvalue weighted by molar-refractivity contribution is -0.134. The van der Waals surface area contributed by atoms with Gasteiger partial charge in [-0.1, -0.05) is 13.8 Å². The average Bonchev–Trinajstić information content (AvgIpc) is 3.28. The SMILES string of the molecule is CC(C)[C@H](N)C(=O)NCC(=O)N1CCN(CC2CC2)CC1.Cl.Cl. The van der Waals surface area contributed by atoms with Gasteiger partial charge in [-0.15, -0.1) is 24.8 Å². The lowest BCUT2D eigenvalue weighted by Gasteiger charge is -2.34. The lowest BCUT2D eigenvalue weighted by Crippen LogP contribution is -2.53. The fourth-order valence-corrected chi connectivity index (χ4v) is 2.54. The van der Waals surface area contributed by atoms with Crippen molar-refractivity contribution in [2.75, 3.05) is 39.3 Å². The van der Waals surface area contributed by atoms with E-state index in [1.807, 2.05) is 18.7 Å². The number of carbonyl (C=O) groups excluding carboxylic acids is 2. The number of amides is 2. The number of nitrogens with one attached hydrogen (secondary N) is 1. The molecule has 136 valence electrons. The van der Waals surface area contributed by atoms with Crippen LogP contribution < -0.4 is 11.1 Å². The van der Waals surface area contributed by atoms with Crippen LogP contribution in [-0.2, 0) is 9.59 Å². The molecule has 1 saturated heterocycles. The molecule has 0 unspecified atom stereocenters. The summed E-state index contributed by atoms with van der Waals surface area (Å²) in [5.74, 6) is 0.714. The number of rotatable bonds is 6. The molecule has 1 aliphatic heterocycles. The maximum absolute atomic E-state index is 12.1. The summed E-state index contributed by atoms with van der Waals surface area (Å²) in [4.78, 5) is 28.1. The molecule has 0 radical (unpaired) electrons. The zero-order chi connectivity index (χ0) is 15.4. The summed E-state index contributed by atoms with van der Waals surface area (Å²) in [7, 11) is 0. The number of carbonyl (C=O) groups is 2. The first-order valence-electron chi connectivity index (χ1n) is 8.00. The summed E-state index contributed by atoms with van der Waals surface area (Å²) in [5.41, 5.74) is 5.75. The molecule has 1 atom stereocenters. The normalized spacial score (nSPS) is 19.6. The molecule has 2 amide bonds. The first kappa shape index (κ1) is 22.4. The van der Waals surface area contributed by atoms with Gasteiger partial charge in [0.05, 0.1) is 12.6 Å². The summed E-state index contributed by atoms with van der Waals surface area (Å²) >= 11 is 0.